The third kappa shape index (κ3) is 3.14. The highest BCUT2D eigenvalue weighted by atomic mass is 16.3. The fourth-order valence-corrected chi connectivity index (χ4v) is 3.74. The largest absolute Gasteiger partial charge is 0.494 e. The summed E-state index contributed by atoms with van der Waals surface area (Å²) in [5.74, 6) is 0.225. The molecule has 1 amide bonds. The zero-order valence-corrected chi connectivity index (χ0v) is 17.6. The molecule has 156 valence electrons. The van der Waals surface area contributed by atoms with E-state index in [1.165, 1.54) is 8.97 Å². The molecule has 0 saturated heterocycles. The highest BCUT2D eigenvalue weighted by Crippen LogP contribution is 2.30. The quantitative estimate of drug-likeness (QED) is 0.671. The fraction of sp³-hybridized carbons (Fsp3) is 0.318. The number of anilines is 1. The number of aromatic nitrogens is 3. The lowest BCUT2D eigenvalue weighted by Crippen LogP contribution is -2.43. The number of imidazole rings is 1. The Morgan fingerprint density at radius 2 is 1.83 bits per heavy atom. The van der Waals surface area contributed by atoms with Gasteiger partial charge >= 0.3 is 0 Å². The van der Waals surface area contributed by atoms with Gasteiger partial charge in [-0.1, -0.05) is 42.0 Å². The monoisotopic (exact) mass is 407 g/mol. The minimum atomic E-state index is -0.313. The van der Waals surface area contributed by atoms with Crippen molar-refractivity contribution in [3.63, 3.8) is 0 Å². The summed E-state index contributed by atoms with van der Waals surface area (Å²) in [5, 5.41) is 11.1. The number of carbonyl (C=O) groups is 1. The maximum absolute atomic E-state index is 13.4. The first-order chi connectivity index (χ1) is 14.3. The molecule has 0 unspecified atom stereocenters. The first-order valence-electron chi connectivity index (χ1n) is 9.80. The molecule has 1 aliphatic rings. The smallest absolute Gasteiger partial charge is 0.276 e. The lowest BCUT2D eigenvalue weighted by atomic mass is 10.1. The molecule has 8 heteroatoms. The van der Waals surface area contributed by atoms with Gasteiger partial charge in [0.1, 0.15) is 0 Å². The average Bonchev–Trinajstić information content (AvgIpc) is 3.11. The van der Waals surface area contributed by atoms with Crippen LogP contribution in [0.4, 0.5) is 5.82 Å². The van der Waals surface area contributed by atoms with Crippen LogP contribution in [0.25, 0.3) is 5.78 Å². The van der Waals surface area contributed by atoms with Gasteiger partial charge in [0.05, 0.1) is 18.8 Å². The number of carbonyl (C=O) groups excluding carboxylic acids is 1. The third-order valence-electron chi connectivity index (χ3n) is 5.30. The molecule has 0 bridgehead atoms. The molecule has 1 aliphatic heterocycles. The molecule has 30 heavy (non-hydrogen) atoms. The van der Waals surface area contributed by atoms with Gasteiger partial charge in [-0.2, -0.15) is 4.98 Å². The zero-order chi connectivity index (χ0) is 21.6. The second kappa shape index (κ2) is 7.37. The predicted molar refractivity (Wildman–Crippen MR) is 115 cm³/mol. The average molecular weight is 407 g/mol. The Balaban J connectivity index is 2.05. The van der Waals surface area contributed by atoms with Crippen LogP contribution in [0.1, 0.15) is 35.5 Å². The predicted octanol–water partition coefficient (Wildman–Crippen LogP) is 2.24. The highest BCUT2D eigenvalue weighted by Gasteiger charge is 2.33. The number of fused-ring (bicyclic) bond motifs is 3. The molecule has 3 aromatic rings. The van der Waals surface area contributed by atoms with E-state index in [1.54, 1.807) is 11.9 Å². The van der Waals surface area contributed by atoms with E-state index in [4.69, 9.17) is 0 Å². The van der Waals surface area contributed by atoms with Gasteiger partial charge in [0.25, 0.3) is 11.5 Å². The van der Waals surface area contributed by atoms with Crippen molar-refractivity contribution in [2.45, 2.75) is 26.8 Å². The molecule has 0 saturated carbocycles. The van der Waals surface area contributed by atoms with E-state index in [2.05, 4.69) is 4.98 Å². The summed E-state index contributed by atoms with van der Waals surface area (Å²) in [6, 6.07) is 9.59. The zero-order valence-electron chi connectivity index (χ0n) is 17.6. The summed E-state index contributed by atoms with van der Waals surface area (Å²) < 4.78 is 2.95. The number of hydrogen-bond acceptors (Lipinski definition) is 5. The van der Waals surface area contributed by atoms with Crippen molar-refractivity contribution < 1.29 is 9.90 Å². The molecular formula is C22H25N5O3. The summed E-state index contributed by atoms with van der Waals surface area (Å²) in [5.41, 5.74) is 2.15. The lowest BCUT2D eigenvalue weighted by Gasteiger charge is -2.30. The van der Waals surface area contributed by atoms with Crippen molar-refractivity contribution >= 4 is 17.5 Å². The van der Waals surface area contributed by atoms with Gasteiger partial charge in [0, 0.05) is 20.5 Å². The van der Waals surface area contributed by atoms with Crippen LogP contribution in [0, 0.1) is 0 Å². The number of nitrogens with zero attached hydrogens (tertiary/aromatic N) is 5. The SMILES string of the molecule is CC(C)=CCc1c(O)n2c3c(nc2n(Cc2ccccc2)c1=O)N(C)CN(C)C3=O. The van der Waals surface area contributed by atoms with Crippen LogP contribution < -0.4 is 10.5 Å². The Kier molecular flexibility index (Phi) is 4.85. The molecule has 0 radical (unpaired) electrons. The van der Waals surface area contributed by atoms with E-state index >= 15 is 0 Å². The van der Waals surface area contributed by atoms with E-state index < -0.39 is 0 Å². The van der Waals surface area contributed by atoms with E-state index in [9.17, 15) is 14.7 Å². The molecule has 1 N–H and O–H groups in total. The van der Waals surface area contributed by atoms with E-state index in [-0.39, 0.29) is 47.3 Å². The minimum Gasteiger partial charge on any atom is -0.494 e. The van der Waals surface area contributed by atoms with E-state index in [0.717, 1.165) is 11.1 Å². The second-order valence-corrected chi connectivity index (χ2v) is 7.93. The normalized spacial score (nSPS) is 13.7. The summed E-state index contributed by atoms with van der Waals surface area (Å²) >= 11 is 0. The lowest BCUT2D eigenvalue weighted by molar-refractivity contribution is 0.0776. The van der Waals surface area contributed by atoms with Gasteiger partial charge in [-0.15, -0.1) is 0 Å². The van der Waals surface area contributed by atoms with E-state index in [0.29, 0.717) is 12.5 Å². The van der Waals surface area contributed by atoms with E-state index in [1.807, 2.05) is 62.2 Å². The van der Waals surface area contributed by atoms with Crippen LogP contribution in [-0.4, -0.2) is 50.6 Å². The Labute approximate surface area is 174 Å². The molecule has 3 heterocycles. The first kappa shape index (κ1) is 19.8. The van der Waals surface area contributed by atoms with Crippen molar-refractivity contribution in [3.05, 3.63) is 69.2 Å². The molecule has 0 fully saturated rings. The Bertz CT molecular complexity index is 1220. The molecule has 0 atom stereocenters. The standard InChI is InChI=1S/C22H25N5O3/c1-14(2)10-11-16-19(28)26(12-15-8-6-5-7-9-15)22-23-18-17(27(22)20(16)29)21(30)25(4)13-24(18)3/h5-10,29H,11-13H2,1-4H3. The second-order valence-electron chi connectivity index (χ2n) is 7.93. The topological polar surface area (TPSA) is 83.1 Å². The molecule has 1 aromatic carbocycles. The van der Waals surface area contributed by atoms with Gasteiger partial charge in [-0.05, 0) is 19.4 Å². The molecule has 2 aromatic heterocycles. The van der Waals surface area contributed by atoms with Crippen LogP contribution >= 0.6 is 0 Å². The molecule has 4 rings (SSSR count). The fourth-order valence-electron chi connectivity index (χ4n) is 3.74. The van der Waals surface area contributed by atoms with Gasteiger partial charge in [-0.3, -0.25) is 14.2 Å². The van der Waals surface area contributed by atoms with Crippen molar-refractivity contribution in [1.82, 2.24) is 18.9 Å². The van der Waals surface area contributed by atoms with Crippen LogP contribution in [0.5, 0.6) is 5.88 Å². The summed E-state index contributed by atoms with van der Waals surface area (Å²) in [4.78, 5) is 34.3. The molecule has 0 spiro atoms. The summed E-state index contributed by atoms with van der Waals surface area (Å²) in [6.07, 6.45) is 2.16. The maximum atomic E-state index is 13.4. The number of hydrogen-bond donors (Lipinski definition) is 1. The van der Waals surface area contributed by atoms with Crippen LogP contribution in [0.15, 0.2) is 46.8 Å². The third-order valence-corrected chi connectivity index (χ3v) is 5.30. The van der Waals surface area contributed by atoms with Gasteiger partial charge < -0.3 is 14.9 Å². The van der Waals surface area contributed by atoms with Crippen LogP contribution in [0.3, 0.4) is 0 Å². The molecule has 8 nitrogen and oxygen atoms in total. The number of allylic oxidation sites excluding steroid dienone is 2. The Morgan fingerprint density at radius 3 is 2.50 bits per heavy atom. The van der Waals surface area contributed by atoms with Crippen molar-refractivity contribution in [1.29, 1.82) is 0 Å². The summed E-state index contributed by atoms with van der Waals surface area (Å²) in [7, 11) is 3.53. The summed E-state index contributed by atoms with van der Waals surface area (Å²) in [6.45, 7) is 4.54. The number of aromatic hydroxyl groups is 1. The Morgan fingerprint density at radius 1 is 1.13 bits per heavy atom. The van der Waals surface area contributed by atoms with Crippen LogP contribution in [0.2, 0.25) is 0 Å². The number of benzene rings is 1. The van der Waals surface area contributed by atoms with Crippen molar-refractivity contribution in [2.24, 2.45) is 0 Å². The van der Waals surface area contributed by atoms with Crippen molar-refractivity contribution in [2.75, 3.05) is 25.7 Å². The minimum absolute atomic E-state index is 0.234. The van der Waals surface area contributed by atoms with Gasteiger partial charge in [0.15, 0.2) is 11.5 Å². The van der Waals surface area contributed by atoms with Crippen molar-refractivity contribution in [3.8, 4) is 5.88 Å². The van der Waals surface area contributed by atoms with Gasteiger partial charge in [0.2, 0.25) is 11.7 Å². The highest BCUT2D eigenvalue weighted by molar-refractivity contribution is 6.00. The van der Waals surface area contributed by atoms with Crippen LogP contribution in [-0.2, 0) is 13.0 Å². The molecular weight excluding hydrogens is 382 g/mol. The Hall–Kier alpha value is -3.55. The van der Waals surface area contributed by atoms with Gasteiger partial charge in [-0.25, -0.2) is 4.40 Å². The number of amides is 1. The maximum Gasteiger partial charge on any atom is 0.276 e. The molecule has 0 aliphatic carbocycles. The number of rotatable bonds is 4. The first-order valence-corrected chi connectivity index (χ1v) is 9.80.